The lowest BCUT2D eigenvalue weighted by atomic mass is 10.2. The van der Waals surface area contributed by atoms with Crippen molar-refractivity contribution in [1.29, 1.82) is 0 Å². The third kappa shape index (κ3) is 5.25. The molecule has 0 unspecified atom stereocenters. The zero-order valence-electron chi connectivity index (χ0n) is 13.9. The predicted octanol–water partition coefficient (Wildman–Crippen LogP) is 2.76. The maximum Gasteiger partial charge on any atom is 0.338 e. The standard InChI is InChI=1S/C17H17ClFNO5S/c1-24-10-9-20-26(22,23)13-7-5-12(6-8-13)17(21)25-11-14-15(18)3-2-4-16(14)19/h2-8,20H,9-11H2,1H3. The third-order valence-electron chi connectivity index (χ3n) is 3.41. The van der Waals surface area contributed by atoms with Gasteiger partial charge in [-0.05, 0) is 36.4 Å². The van der Waals surface area contributed by atoms with Gasteiger partial charge in [-0.3, -0.25) is 0 Å². The number of sulfonamides is 1. The molecule has 0 heterocycles. The molecule has 0 saturated carbocycles. The van der Waals surface area contributed by atoms with E-state index in [-0.39, 0.29) is 40.8 Å². The fraction of sp³-hybridized carbons (Fsp3) is 0.235. The monoisotopic (exact) mass is 401 g/mol. The van der Waals surface area contributed by atoms with Gasteiger partial charge < -0.3 is 9.47 Å². The SMILES string of the molecule is COCCNS(=O)(=O)c1ccc(C(=O)OCc2c(F)cccc2Cl)cc1. The molecular formula is C17H17ClFNO5S. The molecule has 1 N–H and O–H groups in total. The van der Waals surface area contributed by atoms with Crippen LogP contribution in [0.25, 0.3) is 0 Å². The second-order valence-electron chi connectivity index (χ2n) is 5.19. The van der Waals surface area contributed by atoms with Gasteiger partial charge in [0, 0.05) is 19.2 Å². The molecule has 0 fully saturated rings. The Kier molecular flexibility index (Phi) is 7.10. The van der Waals surface area contributed by atoms with Crippen LogP contribution in [0.2, 0.25) is 5.02 Å². The minimum Gasteiger partial charge on any atom is -0.457 e. The first-order chi connectivity index (χ1) is 12.3. The Morgan fingerprint density at radius 3 is 2.50 bits per heavy atom. The van der Waals surface area contributed by atoms with E-state index >= 15 is 0 Å². The number of rotatable bonds is 8. The molecule has 0 amide bonds. The van der Waals surface area contributed by atoms with Crippen LogP contribution in [0.1, 0.15) is 15.9 Å². The molecular weight excluding hydrogens is 385 g/mol. The molecule has 26 heavy (non-hydrogen) atoms. The highest BCUT2D eigenvalue weighted by molar-refractivity contribution is 7.89. The normalized spacial score (nSPS) is 11.3. The molecule has 140 valence electrons. The highest BCUT2D eigenvalue weighted by Crippen LogP contribution is 2.20. The Morgan fingerprint density at radius 1 is 1.19 bits per heavy atom. The summed E-state index contributed by atoms with van der Waals surface area (Å²) in [5.74, 6) is -1.30. The molecule has 2 rings (SSSR count). The van der Waals surface area contributed by atoms with Crippen molar-refractivity contribution in [2.24, 2.45) is 0 Å². The molecule has 0 aliphatic carbocycles. The summed E-state index contributed by atoms with van der Waals surface area (Å²) in [7, 11) is -2.23. The predicted molar refractivity (Wildman–Crippen MR) is 94.0 cm³/mol. The number of halogens is 2. The van der Waals surface area contributed by atoms with Crippen LogP contribution in [0.15, 0.2) is 47.4 Å². The molecule has 0 bridgehead atoms. The number of benzene rings is 2. The summed E-state index contributed by atoms with van der Waals surface area (Å²) in [5, 5.41) is 0.154. The van der Waals surface area contributed by atoms with Crippen LogP contribution in [0.4, 0.5) is 4.39 Å². The lowest BCUT2D eigenvalue weighted by Crippen LogP contribution is -2.27. The van der Waals surface area contributed by atoms with Gasteiger partial charge >= 0.3 is 5.97 Å². The Labute approximate surface area is 155 Å². The van der Waals surface area contributed by atoms with Gasteiger partial charge in [0.05, 0.1) is 22.1 Å². The number of ether oxygens (including phenoxy) is 2. The smallest absolute Gasteiger partial charge is 0.338 e. The van der Waals surface area contributed by atoms with Crippen molar-refractivity contribution in [1.82, 2.24) is 4.72 Å². The van der Waals surface area contributed by atoms with Gasteiger partial charge in [-0.2, -0.15) is 0 Å². The van der Waals surface area contributed by atoms with Crippen LogP contribution < -0.4 is 4.72 Å². The van der Waals surface area contributed by atoms with E-state index in [4.69, 9.17) is 21.1 Å². The van der Waals surface area contributed by atoms with E-state index in [9.17, 15) is 17.6 Å². The average molecular weight is 402 g/mol. The van der Waals surface area contributed by atoms with E-state index < -0.39 is 21.8 Å². The fourth-order valence-electron chi connectivity index (χ4n) is 2.02. The topological polar surface area (TPSA) is 81.7 Å². The first-order valence-electron chi connectivity index (χ1n) is 7.54. The summed E-state index contributed by atoms with van der Waals surface area (Å²) in [6, 6.07) is 9.34. The molecule has 2 aromatic carbocycles. The van der Waals surface area contributed by atoms with Crippen LogP contribution in [0.3, 0.4) is 0 Å². The van der Waals surface area contributed by atoms with Crippen LogP contribution in [0, 0.1) is 5.82 Å². The molecule has 0 saturated heterocycles. The number of esters is 1. The quantitative estimate of drug-likeness (QED) is 0.543. The Morgan fingerprint density at radius 2 is 1.88 bits per heavy atom. The van der Waals surface area contributed by atoms with E-state index in [1.165, 1.54) is 49.6 Å². The molecule has 0 atom stereocenters. The number of carbonyl (C=O) groups excluding carboxylic acids is 1. The molecule has 0 aliphatic rings. The number of hydrogen-bond donors (Lipinski definition) is 1. The van der Waals surface area contributed by atoms with Gasteiger partial charge in [-0.15, -0.1) is 0 Å². The summed E-state index contributed by atoms with van der Waals surface area (Å²) < 4.78 is 49.9. The van der Waals surface area contributed by atoms with E-state index in [1.807, 2.05) is 0 Å². The lowest BCUT2D eigenvalue weighted by Gasteiger charge is -2.09. The molecule has 0 aromatic heterocycles. The molecule has 0 radical (unpaired) electrons. The van der Waals surface area contributed by atoms with E-state index in [1.54, 1.807) is 0 Å². The largest absolute Gasteiger partial charge is 0.457 e. The van der Waals surface area contributed by atoms with Crippen LogP contribution in [-0.4, -0.2) is 34.6 Å². The van der Waals surface area contributed by atoms with Crippen molar-refractivity contribution in [3.05, 3.63) is 64.4 Å². The first kappa shape index (κ1) is 20.3. The second kappa shape index (κ2) is 9.09. The number of methoxy groups -OCH3 is 1. The summed E-state index contributed by atoms with van der Waals surface area (Å²) >= 11 is 5.87. The van der Waals surface area contributed by atoms with Gasteiger partial charge in [-0.1, -0.05) is 17.7 Å². The number of nitrogens with one attached hydrogen (secondary N) is 1. The summed E-state index contributed by atoms with van der Waals surface area (Å²) in [6.45, 7) is 0.0389. The van der Waals surface area contributed by atoms with E-state index in [0.29, 0.717) is 0 Å². The summed E-state index contributed by atoms with van der Waals surface area (Å²) in [5.41, 5.74) is 0.206. The summed E-state index contributed by atoms with van der Waals surface area (Å²) in [4.78, 5) is 12.0. The van der Waals surface area contributed by atoms with Gasteiger partial charge in [0.2, 0.25) is 10.0 Å². The minimum atomic E-state index is -3.69. The van der Waals surface area contributed by atoms with Gasteiger partial charge in [0.25, 0.3) is 0 Å². The minimum absolute atomic E-state index is 0.00213. The third-order valence-corrected chi connectivity index (χ3v) is 5.24. The Hall–Kier alpha value is -2.00. The summed E-state index contributed by atoms with van der Waals surface area (Å²) in [6.07, 6.45) is 0. The fourth-order valence-corrected chi connectivity index (χ4v) is 3.25. The van der Waals surface area contributed by atoms with Crippen molar-refractivity contribution in [2.45, 2.75) is 11.5 Å². The van der Waals surface area contributed by atoms with Crippen molar-refractivity contribution >= 4 is 27.6 Å². The maximum atomic E-state index is 13.7. The molecule has 6 nitrogen and oxygen atoms in total. The van der Waals surface area contributed by atoms with Crippen molar-refractivity contribution in [2.75, 3.05) is 20.3 Å². The Balaban J connectivity index is 2.02. The van der Waals surface area contributed by atoms with Crippen molar-refractivity contribution < 1.29 is 27.1 Å². The van der Waals surface area contributed by atoms with E-state index in [0.717, 1.165) is 0 Å². The number of carbonyl (C=O) groups is 1. The van der Waals surface area contributed by atoms with Gasteiger partial charge in [0.15, 0.2) is 0 Å². The Bertz CT molecular complexity index is 851. The van der Waals surface area contributed by atoms with Crippen LogP contribution in [0.5, 0.6) is 0 Å². The van der Waals surface area contributed by atoms with Gasteiger partial charge in [0.1, 0.15) is 12.4 Å². The molecule has 0 aliphatic heterocycles. The second-order valence-corrected chi connectivity index (χ2v) is 7.37. The zero-order chi connectivity index (χ0) is 19.2. The van der Waals surface area contributed by atoms with E-state index in [2.05, 4.69) is 4.72 Å². The lowest BCUT2D eigenvalue weighted by molar-refractivity contribution is 0.0469. The van der Waals surface area contributed by atoms with Crippen molar-refractivity contribution in [3.63, 3.8) is 0 Å². The van der Waals surface area contributed by atoms with Crippen LogP contribution in [-0.2, 0) is 26.1 Å². The average Bonchev–Trinajstić information content (AvgIpc) is 2.61. The highest BCUT2D eigenvalue weighted by Gasteiger charge is 2.16. The molecule has 2 aromatic rings. The first-order valence-corrected chi connectivity index (χ1v) is 9.40. The van der Waals surface area contributed by atoms with Crippen LogP contribution >= 0.6 is 11.6 Å². The maximum absolute atomic E-state index is 13.7. The number of hydrogen-bond acceptors (Lipinski definition) is 5. The molecule has 9 heteroatoms. The highest BCUT2D eigenvalue weighted by atomic mass is 35.5. The molecule has 0 spiro atoms. The van der Waals surface area contributed by atoms with Gasteiger partial charge in [-0.25, -0.2) is 22.3 Å². The van der Waals surface area contributed by atoms with Crippen molar-refractivity contribution in [3.8, 4) is 0 Å². The zero-order valence-corrected chi connectivity index (χ0v) is 15.4.